The third-order valence-corrected chi connectivity index (χ3v) is 4.41. The first-order valence-corrected chi connectivity index (χ1v) is 7.95. The van der Waals surface area contributed by atoms with Crippen LogP contribution in [0.1, 0.15) is 10.5 Å². The maximum absolute atomic E-state index is 14.4. The van der Waals surface area contributed by atoms with Gasteiger partial charge in [0.05, 0.1) is 10.9 Å². The molecule has 24 heavy (non-hydrogen) atoms. The molecule has 2 aromatic heterocycles. The Labute approximate surface area is 139 Å². The molecule has 0 aliphatic rings. The average molecular weight is 339 g/mol. The molecule has 118 valence electrons. The zero-order chi connectivity index (χ0) is 16.7. The Balaban J connectivity index is 2.00. The molecular weight excluding hydrogens is 329 g/mol. The number of aromatic carboxylic acids is 1. The van der Waals surface area contributed by atoms with Gasteiger partial charge < -0.3 is 5.11 Å². The number of benzene rings is 2. The number of thiazole rings is 1. The van der Waals surface area contributed by atoms with Gasteiger partial charge in [-0.3, -0.25) is 0 Å². The lowest BCUT2D eigenvalue weighted by molar-refractivity contribution is 0.0691. The summed E-state index contributed by atoms with van der Waals surface area (Å²) in [6, 6.07) is 14.0. The molecule has 0 fully saturated rings. The number of fused-ring (bicyclic) bond motifs is 1. The van der Waals surface area contributed by atoms with Gasteiger partial charge in [-0.25, -0.2) is 18.9 Å². The summed E-state index contributed by atoms with van der Waals surface area (Å²) >= 11 is 1.15. The molecule has 2 aromatic carbocycles. The molecule has 0 saturated heterocycles. The van der Waals surface area contributed by atoms with E-state index >= 15 is 0 Å². The molecule has 2 heterocycles. The number of hydrogen-bond acceptors (Lipinski definition) is 4. The molecule has 0 aliphatic carbocycles. The first kappa shape index (κ1) is 14.5. The Hall–Kier alpha value is -3.06. The maximum atomic E-state index is 14.4. The number of halogens is 1. The number of rotatable bonds is 3. The van der Waals surface area contributed by atoms with Crippen molar-refractivity contribution in [1.82, 2.24) is 14.8 Å². The molecule has 7 heteroatoms. The molecule has 4 aromatic rings. The summed E-state index contributed by atoms with van der Waals surface area (Å²) in [6.45, 7) is 0. The molecule has 5 nitrogen and oxygen atoms in total. The van der Waals surface area contributed by atoms with Gasteiger partial charge in [-0.2, -0.15) is 5.10 Å². The van der Waals surface area contributed by atoms with Crippen LogP contribution in [0.3, 0.4) is 0 Å². The van der Waals surface area contributed by atoms with Gasteiger partial charge in [-0.15, -0.1) is 11.3 Å². The SMILES string of the molecule is O=C(O)c1csc(-n2nc(-c3ccccc3)c3c(F)cccc32)n1. The van der Waals surface area contributed by atoms with E-state index in [1.165, 1.54) is 16.1 Å². The smallest absolute Gasteiger partial charge is 0.355 e. The Bertz CT molecular complexity index is 1060. The predicted molar refractivity (Wildman–Crippen MR) is 89.1 cm³/mol. The minimum absolute atomic E-state index is 0.0590. The first-order chi connectivity index (χ1) is 11.6. The molecule has 0 spiro atoms. The average Bonchev–Trinajstić information content (AvgIpc) is 3.21. The number of carbonyl (C=O) groups is 1. The summed E-state index contributed by atoms with van der Waals surface area (Å²) < 4.78 is 15.9. The normalized spacial score (nSPS) is 11.0. The number of carboxylic acid groups (broad SMARTS) is 1. The predicted octanol–water partition coefficient (Wildman–Crippen LogP) is 3.99. The standard InChI is InChI=1S/C17H10FN3O2S/c18-11-7-4-8-13-14(11)15(10-5-2-1-3-6-10)20-21(13)17-19-12(9-24-17)16(22)23/h1-9H,(H,22,23). The van der Waals surface area contributed by atoms with Gasteiger partial charge in [0.2, 0.25) is 5.13 Å². The van der Waals surface area contributed by atoms with E-state index in [1.807, 2.05) is 30.3 Å². The van der Waals surface area contributed by atoms with Crippen molar-refractivity contribution in [2.45, 2.75) is 0 Å². The van der Waals surface area contributed by atoms with Gasteiger partial charge in [0.1, 0.15) is 11.5 Å². The monoisotopic (exact) mass is 339 g/mol. The zero-order valence-electron chi connectivity index (χ0n) is 12.2. The maximum Gasteiger partial charge on any atom is 0.355 e. The van der Waals surface area contributed by atoms with Crippen LogP contribution < -0.4 is 0 Å². The summed E-state index contributed by atoms with van der Waals surface area (Å²) in [5, 5.41) is 15.7. The van der Waals surface area contributed by atoms with Crippen LogP contribution in [0.5, 0.6) is 0 Å². The van der Waals surface area contributed by atoms with E-state index < -0.39 is 5.97 Å². The highest BCUT2D eigenvalue weighted by molar-refractivity contribution is 7.12. The first-order valence-electron chi connectivity index (χ1n) is 7.07. The van der Waals surface area contributed by atoms with Crippen molar-refractivity contribution >= 4 is 28.2 Å². The Morgan fingerprint density at radius 1 is 1.12 bits per heavy atom. The second kappa shape index (κ2) is 5.54. The van der Waals surface area contributed by atoms with Crippen LogP contribution in [0, 0.1) is 5.82 Å². The van der Waals surface area contributed by atoms with E-state index in [0.717, 1.165) is 16.9 Å². The van der Waals surface area contributed by atoms with Crippen molar-refractivity contribution in [2.24, 2.45) is 0 Å². The highest BCUT2D eigenvalue weighted by Crippen LogP contribution is 2.32. The van der Waals surface area contributed by atoms with Crippen LogP contribution in [0.4, 0.5) is 4.39 Å². The summed E-state index contributed by atoms with van der Waals surface area (Å²) in [7, 11) is 0. The molecule has 0 saturated carbocycles. The van der Waals surface area contributed by atoms with E-state index in [9.17, 15) is 9.18 Å². The Morgan fingerprint density at radius 2 is 1.92 bits per heavy atom. The molecule has 0 amide bonds. The van der Waals surface area contributed by atoms with Crippen molar-refractivity contribution in [3.63, 3.8) is 0 Å². The molecule has 4 rings (SSSR count). The highest BCUT2D eigenvalue weighted by atomic mass is 32.1. The second-order valence-electron chi connectivity index (χ2n) is 5.08. The lowest BCUT2D eigenvalue weighted by Crippen LogP contribution is -2.00. The Morgan fingerprint density at radius 3 is 2.62 bits per heavy atom. The summed E-state index contributed by atoms with van der Waals surface area (Å²) in [6.07, 6.45) is 0. The Kier molecular flexibility index (Phi) is 3.35. The van der Waals surface area contributed by atoms with Crippen molar-refractivity contribution in [3.8, 4) is 16.4 Å². The van der Waals surface area contributed by atoms with Crippen LogP contribution in [-0.4, -0.2) is 25.8 Å². The fraction of sp³-hybridized carbons (Fsp3) is 0. The topological polar surface area (TPSA) is 68.0 Å². The highest BCUT2D eigenvalue weighted by Gasteiger charge is 2.19. The van der Waals surface area contributed by atoms with Gasteiger partial charge >= 0.3 is 5.97 Å². The number of carboxylic acids is 1. The number of hydrogen-bond donors (Lipinski definition) is 1. The van der Waals surface area contributed by atoms with Crippen molar-refractivity contribution in [2.75, 3.05) is 0 Å². The van der Waals surface area contributed by atoms with E-state index in [2.05, 4.69) is 10.1 Å². The second-order valence-corrected chi connectivity index (χ2v) is 5.92. The van der Waals surface area contributed by atoms with Gasteiger partial charge in [0.25, 0.3) is 0 Å². The number of aromatic nitrogens is 3. The molecule has 0 bridgehead atoms. The molecular formula is C17H10FN3O2S. The van der Waals surface area contributed by atoms with Crippen LogP contribution in [0.25, 0.3) is 27.3 Å². The summed E-state index contributed by atoms with van der Waals surface area (Å²) in [5.41, 5.74) is 1.76. The van der Waals surface area contributed by atoms with E-state index in [0.29, 0.717) is 21.7 Å². The lowest BCUT2D eigenvalue weighted by atomic mass is 10.1. The van der Waals surface area contributed by atoms with Gasteiger partial charge in [-0.1, -0.05) is 36.4 Å². The summed E-state index contributed by atoms with van der Waals surface area (Å²) in [5.74, 6) is -1.49. The van der Waals surface area contributed by atoms with Crippen LogP contribution >= 0.6 is 11.3 Å². The summed E-state index contributed by atoms with van der Waals surface area (Å²) in [4.78, 5) is 15.1. The lowest BCUT2D eigenvalue weighted by Gasteiger charge is -1.97. The van der Waals surface area contributed by atoms with E-state index in [1.54, 1.807) is 12.1 Å². The fourth-order valence-corrected chi connectivity index (χ4v) is 3.29. The van der Waals surface area contributed by atoms with Gasteiger partial charge in [-0.05, 0) is 12.1 Å². The fourth-order valence-electron chi connectivity index (χ4n) is 2.53. The van der Waals surface area contributed by atoms with E-state index in [-0.39, 0.29) is 11.5 Å². The third-order valence-electron chi connectivity index (χ3n) is 3.60. The molecule has 0 unspecified atom stereocenters. The molecule has 0 radical (unpaired) electrons. The zero-order valence-corrected chi connectivity index (χ0v) is 13.0. The largest absolute Gasteiger partial charge is 0.476 e. The van der Waals surface area contributed by atoms with Crippen molar-refractivity contribution in [1.29, 1.82) is 0 Å². The van der Waals surface area contributed by atoms with Crippen LogP contribution in [0.2, 0.25) is 0 Å². The van der Waals surface area contributed by atoms with Crippen molar-refractivity contribution in [3.05, 3.63) is 65.4 Å². The minimum atomic E-state index is -1.11. The van der Waals surface area contributed by atoms with E-state index in [4.69, 9.17) is 5.11 Å². The molecule has 1 N–H and O–H groups in total. The quantitative estimate of drug-likeness (QED) is 0.613. The molecule has 0 atom stereocenters. The minimum Gasteiger partial charge on any atom is -0.476 e. The molecule has 0 aliphatic heterocycles. The third kappa shape index (κ3) is 2.26. The van der Waals surface area contributed by atoms with Gasteiger partial charge in [0, 0.05) is 10.9 Å². The van der Waals surface area contributed by atoms with Crippen LogP contribution in [0.15, 0.2) is 53.9 Å². The van der Waals surface area contributed by atoms with Gasteiger partial charge in [0.15, 0.2) is 5.69 Å². The van der Waals surface area contributed by atoms with Crippen LogP contribution in [-0.2, 0) is 0 Å². The number of nitrogens with zero attached hydrogens (tertiary/aromatic N) is 3. The van der Waals surface area contributed by atoms with Crippen molar-refractivity contribution < 1.29 is 14.3 Å².